The Bertz CT molecular complexity index is 433. The Hall–Kier alpha value is -1.36. The first-order valence-corrected chi connectivity index (χ1v) is 6.21. The maximum Gasteiger partial charge on any atom is 0.417 e. The third-order valence-electron chi connectivity index (χ3n) is 2.64. The molecule has 1 heterocycles. The fourth-order valence-electron chi connectivity index (χ4n) is 1.78. The van der Waals surface area contributed by atoms with Crippen molar-refractivity contribution in [3.8, 4) is 0 Å². The number of benzene rings is 1. The van der Waals surface area contributed by atoms with Gasteiger partial charge in [-0.3, -0.25) is 4.79 Å². The van der Waals surface area contributed by atoms with Gasteiger partial charge >= 0.3 is 6.09 Å². The maximum atomic E-state index is 11.9. The average molecular weight is 298 g/mol. The van der Waals surface area contributed by atoms with E-state index < -0.39 is 10.9 Å². The molecule has 1 aliphatic heterocycles. The van der Waals surface area contributed by atoms with Gasteiger partial charge < -0.3 is 4.74 Å². The molecule has 1 aromatic carbocycles. The van der Waals surface area contributed by atoms with E-state index in [1.165, 1.54) is 4.90 Å². The molecule has 1 fully saturated rings. The first kappa shape index (κ1) is 12.1. The Morgan fingerprint density at radius 2 is 2.12 bits per heavy atom. The van der Waals surface area contributed by atoms with Crippen LogP contribution >= 0.6 is 15.9 Å². The summed E-state index contributed by atoms with van der Waals surface area (Å²) in [4.78, 5) is 24.3. The largest absolute Gasteiger partial charge is 0.446 e. The van der Waals surface area contributed by atoms with Crippen LogP contribution in [0.5, 0.6) is 0 Å². The molecule has 4 nitrogen and oxygen atoms in total. The highest BCUT2D eigenvalue weighted by Gasteiger charge is 2.39. The summed E-state index contributed by atoms with van der Waals surface area (Å²) in [5.41, 5.74) is 0.903. The van der Waals surface area contributed by atoms with E-state index in [2.05, 4.69) is 15.9 Å². The lowest BCUT2D eigenvalue weighted by Gasteiger charge is -2.20. The van der Waals surface area contributed by atoms with E-state index in [0.29, 0.717) is 0 Å². The lowest BCUT2D eigenvalue weighted by molar-refractivity contribution is -0.128. The fraction of sp³-hybridized carbons (Fsp3) is 0.333. The van der Waals surface area contributed by atoms with E-state index >= 15 is 0 Å². The van der Waals surface area contributed by atoms with Crippen molar-refractivity contribution in [1.82, 2.24) is 4.90 Å². The fourth-order valence-corrected chi connectivity index (χ4v) is 2.00. The Balaban J connectivity index is 2.29. The number of cyclic esters (lactones) is 1. The smallest absolute Gasteiger partial charge is 0.417 e. The molecule has 2 rings (SSSR count). The van der Waals surface area contributed by atoms with Crippen LogP contribution in [0, 0.1) is 0 Å². The molecule has 5 heteroatoms. The highest BCUT2D eigenvalue weighted by molar-refractivity contribution is 9.10. The van der Waals surface area contributed by atoms with Crippen molar-refractivity contribution < 1.29 is 14.3 Å². The molecule has 2 amide bonds. The van der Waals surface area contributed by atoms with Gasteiger partial charge in [0.05, 0.1) is 4.83 Å². The van der Waals surface area contributed by atoms with Crippen LogP contribution < -0.4 is 0 Å². The molecule has 0 aromatic heterocycles. The van der Waals surface area contributed by atoms with Gasteiger partial charge in [-0.05, 0) is 12.5 Å². The second-order valence-corrected chi connectivity index (χ2v) is 5.20. The number of halogens is 1. The first-order valence-electron chi connectivity index (χ1n) is 5.30. The summed E-state index contributed by atoms with van der Waals surface area (Å²) < 4.78 is 4.95. The first-order chi connectivity index (χ1) is 8.11. The van der Waals surface area contributed by atoms with Gasteiger partial charge in [-0.2, -0.15) is 0 Å². The highest BCUT2D eigenvalue weighted by atomic mass is 79.9. The number of alkyl halides is 1. The van der Waals surface area contributed by atoms with E-state index in [-0.39, 0.29) is 18.6 Å². The zero-order valence-electron chi connectivity index (χ0n) is 9.30. The number of ether oxygens (including phenoxy) is 1. The van der Waals surface area contributed by atoms with Gasteiger partial charge in [0.25, 0.3) is 0 Å². The third-order valence-corrected chi connectivity index (χ3v) is 3.03. The van der Waals surface area contributed by atoms with Crippen molar-refractivity contribution in [1.29, 1.82) is 0 Å². The topological polar surface area (TPSA) is 46.6 Å². The highest BCUT2D eigenvalue weighted by Crippen LogP contribution is 2.28. The monoisotopic (exact) mass is 297 g/mol. The molecule has 0 bridgehead atoms. The minimum absolute atomic E-state index is 0.217. The zero-order chi connectivity index (χ0) is 12.4. The molecule has 1 aliphatic rings. The summed E-state index contributed by atoms with van der Waals surface area (Å²) >= 11 is 3.18. The number of hydrogen-bond acceptors (Lipinski definition) is 3. The Kier molecular flexibility index (Phi) is 3.47. The van der Waals surface area contributed by atoms with Crippen LogP contribution in [-0.2, 0) is 9.53 Å². The van der Waals surface area contributed by atoms with Crippen molar-refractivity contribution in [2.75, 3.05) is 6.61 Å². The SMILES string of the molecule is C[C@@H](Br)C(=O)N1C(=O)OC[C@H]1c1ccccc1. The van der Waals surface area contributed by atoms with Crippen molar-refractivity contribution in [3.63, 3.8) is 0 Å². The summed E-state index contributed by atoms with van der Waals surface area (Å²) in [6.07, 6.45) is -0.574. The van der Waals surface area contributed by atoms with Gasteiger partial charge in [0.15, 0.2) is 0 Å². The van der Waals surface area contributed by atoms with Crippen molar-refractivity contribution in [3.05, 3.63) is 35.9 Å². The second-order valence-electron chi connectivity index (χ2n) is 3.83. The minimum atomic E-state index is -0.574. The summed E-state index contributed by atoms with van der Waals surface area (Å²) in [6, 6.07) is 9.07. The number of imide groups is 1. The Labute approximate surface area is 108 Å². The molecule has 90 valence electrons. The molecule has 0 unspecified atom stereocenters. The molecule has 1 saturated heterocycles. The molecule has 0 aliphatic carbocycles. The summed E-state index contributed by atoms with van der Waals surface area (Å²) in [5.74, 6) is -0.277. The van der Waals surface area contributed by atoms with Crippen molar-refractivity contribution >= 4 is 27.9 Å². The van der Waals surface area contributed by atoms with E-state index in [0.717, 1.165) is 5.56 Å². The number of nitrogens with zero attached hydrogens (tertiary/aromatic N) is 1. The predicted molar refractivity (Wildman–Crippen MR) is 65.8 cm³/mol. The minimum Gasteiger partial charge on any atom is -0.446 e. The van der Waals surface area contributed by atoms with E-state index in [9.17, 15) is 9.59 Å². The van der Waals surface area contributed by atoms with Crippen LogP contribution in [0.2, 0.25) is 0 Å². The van der Waals surface area contributed by atoms with E-state index in [1.807, 2.05) is 30.3 Å². The normalized spacial score (nSPS) is 21.2. The van der Waals surface area contributed by atoms with Gasteiger partial charge in [-0.1, -0.05) is 46.3 Å². The number of carbonyl (C=O) groups is 2. The lowest BCUT2D eigenvalue weighted by atomic mass is 10.1. The van der Waals surface area contributed by atoms with Crippen LogP contribution in [0.3, 0.4) is 0 Å². The number of rotatable bonds is 2. The van der Waals surface area contributed by atoms with Gasteiger partial charge in [-0.25, -0.2) is 9.69 Å². The molecule has 0 radical (unpaired) electrons. The number of amides is 2. The van der Waals surface area contributed by atoms with Crippen LogP contribution in [0.15, 0.2) is 30.3 Å². The second kappa shape index (κ2) is 4.87. The van der Waals surface area contributed by atoms with Crippen LogP contribution in [0.25, 0.3) is 0 Å². The van der Waals surface area contributed by atoms with Gasteiger partial charge in [-0.15, -0.1) is 0 Å². The van der Waals surface area contributed by atoms with E-state index in [1.54, 1.807) is 6.92 Å². The molecular formula is C12H12BrNO3. The molecular weight excluding hydrogens is 286 g/mol. The average Bonchev–Trinajstić information content (AvgIpc) is 2.71. The number of carbonyl (C=O) groups excluding carboxylic acids is 2. The van der Waals surface area contributed by atoms with Gasteiger partial charge in [0.1, 0.15) is 12.6 Å². The quantitative estimate of drug-likeness (QED) is 0.788. The maximum absolute atomic E-state index is 11.9. The van der Waals surface area contributed by atoms with Gasteiger partial charge in [0.2, 0.25) is 5.91 Å². The molecule has 2 atom stereocenters. The van der Waals surface area contributed by atoms with Crippen molar-refractivity contribution in [2.24, 2.45) is 0 Å². The Morgan fingerprint density at radius 1 is 1.47 bits per heavy atom. The number of hydrogen-bond donors (Lipinski definition) is 0. The summed E-state index contributed by atoms with van der Waals surface area (Å²) in [7, 11) is 0. The summed E-state index contributed by atoms with van der Waals surface area (Å²) in [5, 5.41) is 0. The Morgan fingerprint density at radius 3 is 2.71 bits per heavy atom. The molecule has 0 N–H and O–H groups in total. The van der Waals surface area contributed by atoms with Crippen LogP contribution in [-0.4, -0.2) is 28.3 Å². The van der Waals surface area contributed by atoms with Crippen molar-refractivity contribution in [2.45, 2.75) is 17.8 Å². The van der Waals surface area contributed by atoms with Crippen LogP contribution in [0.4, 0.5) is 4.79 Å². The van der Waals surface area contributed by atoms with Crippen LogP contribution in [0.1, 0.15) is 18.5 Å². The standard InChI is InChI=1S/C12H12BrNO3/c1-8(13)11(15)14-10(7-17-12(14)16)9-5-3-2-4-6-9/h2-6,8,10H,7H2,1H3/t8-,10+/m1/s1. The molecule has 1 aromatic rings. The third kappa shape index (κ3) is 2.34. The van der Waals surface area contributed by atoms with E-state index in [4.69, 9.17) is 4.74 Å². The van der Waals surface area contributed by atoms with Gasteiger partial charge in [0, 0.05) is 0 Å². The molecule has 17 heavy (non-hydrogen) atoms. The summed E-state index contributed by atoms with van der Waals surface area (Å²) in [6.45, 7) is 1.91. The molecule has 0 spiro atoms. The lowest BCUT2D eigenvalue weighted by Crippen LogP contribution is -2.38. The zero-order valence-corrected chi connectivity index (χ0v) is 10.9. The predicted octanol–water partition coefficient (Wildman–Crippen LogP) is 2.49. The molecule has 0 saturated carbocycles.